The third kappa shape index (κ3) is 6.78. The number of hydrogen-bond acceptors (Lipinski definition) is 4. The second-order valence-electron chi connectivity index (χ2n) is 7.09. The molecule has 170 valence electrons. The van der Waals surface area contributed by atoms with Crippen LogP contribution in [0.15, 0.2) is 71.5 Å². The predicted molar refractivity (Wildman–Crippen MR) is 114 cm³/mol. The minimum atomic E-state index is -4.40. The zero-order valence-corrected chi connectivity index (χ0v) is 17.8. The fourth-order valence-electron chi connectivity index (χ4n) is 3.18. The van der Waals surface area contributed by atoms with Crippen molar-refractivity contribution in [2.24, 2.45) is 0 Å². The van der Waals surface area contributed by atoms with Gasteiger partial charge in [-0.15, -0.1) is 11.8 Å². The van der Waals surface area contributed by atoms with E-state index in [4.69, 9.17) is 9.84 Å². The van der Waals surface area contributed by atoms with Gasteiger partial charge in [0, 0.05) is 13.1 Å². The molecule has 0 amide bonds. The number of carboxylic acid groups (broad SMARTS) is 1. The molecule has 1 aliphatic heterocycles. The quantitative estimate of drug-likeness (QED) is 0.275. The van der Waals surface area contributed by atoms with Gasteiger partial charge >= 0.3 is 12.3 Å². The summed E-state index contributed by atoms with van der Waals surface area (Å²) in [6.07, 6.45) is -1.03. The average molecular weight is 467 g/mol. The van der Waals surface area contributed by atoms with Crippen LogP contribution in [-0.2, 0) is 23.9 Å². The third-order valence-corrected chi connectivity index (χ3v) is 5.93. The molecule has 1 N–H and O–H groups in total. The van der Waals surface area contributed by atoms with E-state index < -0.39 is 17.9 Å². The van der Waals surface area contributed by atoms with Gasteiger partial charge in [0.1, 0.15) is 10.8 Å². The summed E-state index contributed by atoms with van der Waals surface area (Å²) in [5, 5.41) is 9.66. The molecule has 0 aliphatic carbocycles. The van der Waals surface area contributed by atoms with Crippen LogP contribution in [0.3, 0.4) is 0 Å². The standard InChI is InChI=1S/C23H21F4NO3S/c24-19-11-7-16(8-12-19)3-2-14-32-21-20(31-22(29)30)4-1-13-28(21)15-17-5-9-18(10-6-17)23(25,26)27/h1,4-12H,2-3,13-15H2,(H,29,30). The zero-order valence-electron chi connectivity index (χ0n) is 16.9. The van der Waals surface area contributed by atoms with E-state index in [-0.39, 0.29) is 11.6 Å². The predicted octanol–water partition coefficient (Wildman–Crippen LogP) is 6.45. The van der Waals surface area contributed by atoms with Crippen molar-refractivity contribution in [2.45, 2.75) is 25.6 Å². The Bertz CT molecular complexity index is 986. The van der Waals surface area contributed by atoms with E-state index in [1.165, 1.54) is 36.0 Å². The lowest BCUT2D eigenvalue weighted by Crippen LogP contribution is -2.26. The van der Waals surface area contributed by atoms with Crippen molar-refractivity contribution in [3.8, 4) is 0 Å². The number of ether oxygens (including phenoxy) is 1. The fraction of sp³-hybridized carbons (Fsp3) is 0.261. The van der Waals surface area contributed by atoms with Gasteiger partial charge in [-0.2, -0.15) is 13.2 Å². The Morgan fingerprint density at radius 3 is 2.34 bits per heavy atom. The van der Waals surface area contributed by atoms with Crippen LogP contribution in [0.1, 0.15) is 23.1 Å². The molecule has 9 heteroatoms. The first kappa shape index (κ1) is 23.7. The molecule has 3 rings (SSSR count). The number of benzene rings is 2. The van der Waals surface area contributed by atoms with E-state index in [0.717, 1.165) is 30.5 Å². The number of nitrogens with zero attached hydrogens (tertiary/aromatic N) is 1. The van der Waals surface area contributed by atoms with E-state index in [2.05, 4.69) is 0 Å². The minimum absolute atomic E-state index is 0.183. The molecule has 0 unspecified atom stereocenters. The second-order valence-corrected chi connectivity index (χ2v) is 8.18. The van der Waals surface area contributed by atoms with Crippen molar-refractivity contribution >= 4 is 17.9 Å². The molecular weight excluding hydrogens is 446 g/mol. The van der Waals surface area contributed by atoms with Gasteiger partial charge in [-0.25, -0.2) is 9.18 Å². The highest BCUT2D eigenvalue weighted by atomic mass is 32.2. The van der Waals surface area contributed by atoms with E-state index in [9.17, 15) is 22.4 Å². The van der Waals surface area contributed by atoms with Crippen LogP contribution in [0.2, 0.25) is 0 Å². The highest BCUT2D eigenvalue weighted by molar-refractivity contribution is 8.03. The van der Waals surface area contributed by atoms with Gasteiger partial charge in [0.25, 0.3) is 0 Å². The maximum absolute atomic E-state index is 13.0. The van der Waals surface area contributed by atoms with Crippen LogP contribution in [0.25, 0.3) is 0 Å². The van der Waals surface area contributed by atoms with Crippen molar-refractivity contribution in [1.82, 2.24) is 4.90 Å². The molecule has 0 atom stereocenters. The molecule has 32 heavy (non-hydrogen) atoms. The Balaban J connectivity index is 1.68. The van der Waals surface area contributed by atoms with Crippen molar-refractivity contribution < 1.29 is 32.2 Å². The lowest BCUT2D eigenvalue weighted by atomic mass is 10.1. The summed E-state index contributed by atoms with van der Waals surface area (Å²) in [5.74, 6) is 0.537. The van der Waals surface area contributed by atoms with Gasteiger partial charge in [-0.1, -0.05) is 30.3 Å². The Kier molecular flexibility index (Phi) is 7.84. The van der Waals surface area contributed by atoms with Crippen molar-refractivity contribution in [3.63, 3.8) is 0 Å². The van der Waals surface area contributed by atoms with E-state index in [0.29, 0.717) is 29.4 Å². The topological polar surface area (TPSA) is 49.8 Å². The first-order chi connectivity index (χ1) is 15.2. The van der Waals surface area contributed by atoms with E-state index >= 15 is 0 Å². The number of rotatable bonds is 8. The third-order valence-electron chi connectivity index (χ3n) is 4.71. The lowest BCUT2D eigenvalue weighted by molar-refractivity contribution is -0.137. The summed E-state index contributed by atoms with van der Waals surface area (Å²) < 4.78 is 56.4. The van der Waals surface area contributed by atoms with Gasteiger partial charge in [0.2, 0.25) is 0 Å². The normalized spacial score (nSPS) is 14.1. The summed E-state index contributed by atoms with van der Waals surface area (Å²) in [6.45, 7) is 0.767. The number of carbonyl (C=O) groups is 1. The molecule has 0 saturated heterocycles. The molecular formula is C23H21F4NO3S. The molecule has 0 radical (unpaired) electrons. The molecule has 0 bridgehead atoms. The number of aryl methyl sites for hydroxylation is 1. The van der Waals surface area contributed by atoms with Crippen LogP contribution in [-0.4, -0.2) is 28.5 Å². The number of allylic oxidation sites excluding steroid dienone is 1. The number of alkyl halides is 3. The minimum Gasteiger partial charge on any atom is -0.449 e. The van der Waals surface area contributed by atoms with Crippen molar-refractivity contribution in [1.29, 1.82) is 0 Å². The lowest BCUT2D eigenvalue weighted by Gasteiger charge is -2.29. The summed E-state index contributed by atoms with van der Waals surface area (Å²) >= 11 is 1.42. The SMILES string of the molecule is O=C(O)OC1=C(SCCCc2ccc(F)cc2)N(Cc2ccc(C(F)(F)F)cc2)CC=C1. The molecule has 0 saturated carbocycles. The van der Waals surface area contributed by atoms with Gasteiger partial charge in [0.05, 0.1) is 5.56 Å². The van der Waals surface area contributed by atoms with Gasteiger partial charge < -0.3 is 14.7 Å². The highest BCUT2D eigenvalue weighted by Gasteiger charge is 2.30. The largest absolute Gasteiger partial charge is 0.511 e. The molecule has 1 heterocycles. The maximum atomic E-state index is 13.0. The van der Waals surface area contributed by atoms with E-state index in [1.54, 1.807) is 24.3 Å². The summed E-state index contributed by atoms with van der Waals surface area (Å²) in [4.78, 5) is 13.0. The molecule has 2 aromatic carbocycles. The second kappa shape index (κ2) is 10.6. The van der Waals surface area contributed by atoms with Gasteiger partial charge in [-0.3, -0.25) is 0 Å². The fourth-order valence-corrected chi connectivity index (χ4v) is 4.24. The number of thioether (sulfide) groups is 1. The van der Waals surface area contributed by atoms with E-state index in [1.807, 2.05) is 4.90 Å². The summed E-state index contributed by atoms with van der Waals surface area (Å²) in [7, 11) is 0. The van der Waals surface area contributed by atoms with Gasteiger partial charge in [-0.05, 0) is 60.1 Å². The Morgan fingerprint density at radius 2 is 1.72 bits per heavy atom. The monoisotopic (exact) mass is 467 g/mol. The number of halogens is 4. The first-order valence-electron chi connectivity index (χ1n) is 9.82. The molecule has 1 aliphatic rings. The summed E-state index contributed by atoms with van der Waals surface area (Å²) in [5.41, 5.74) is 0.932. The Hall–Kier alpha value is -2.94. The van der Waals surface area contributed by atoms with Crippen LogP contribution in [0, 0.1) is 5.82 Å². The van der Waals surface area contributed by atoms with Crippen molar-refractivity contribution in [3.05, 3.63) is 94.0 Å². The maximum Gasteiger partial charge on any atom is 0.511 e. The Labute approximate surface area is 187 Å². The van der Waals surface area contributed by atoms with Crippen LogP contribution >= 0.6 is 11.8 Å². The van der Waals surface area contributed by atoms with Crippen molar-refractivity contribution in [2.75, 3.05) is 12.3 Å². The zero-order chi connectivity index (χ0) is 23.1. The molecule has 4 nitrogen and oxygen atoms in total. The van der Waals surface area contributed by atoms with Gasteiger partial charge in [0.15, 0.2) is 5.76 Å². The molecule has 0 aromatic heterocycles. The average Bonchev–Trinajstić information content (AvgIpc) is 2.73. The van der Waals surface area contributed by atoms with Crippen LogP contribution < -0.4 is 0 Å². The first-order valence-corrected chi connectivity index (χ1v) is 10.8. The smallest absolute Gasteiger partial charge is 0.449 e. The molecule has 0 spiro atoms. The molecule has 0 fully saturated rings. The Morgan fingerprint density at radius 1 is 1.06 bits per heavy atom. The summed E-state index contributed by atoms with van der Waals surface area (Å²) in [6, 6.07) is 11.1. The number of hydrogen-bond donors (Lipinski definition) is 1. The van der Waals surface area contributed by atoms with Crippen LogP contribution in [0.4, 0.5) is 22.4 Å². The highest BCUT2D eigenvalue weighted by Crippen LogP contribution is 2.32. The molecule has 2 aromatic rings. The van der Waals surface area contributed by atoms with Crippen LogP contribution in [0.5, 0.6) is 0 Å².